The molecule has 0 saturated carbocycles. The molecular formula is C17H17FN4O3. The molecule has 1 aliphatic rings. The summed E-state index contributed by atoms with van der Waals surface area (Å²) in [6, 6.07) is 5.86. The zero-order chi connectivity index (χ0) is 17.6. The largest absolute Gasteiger partial charge is 0.380 e. The number of hydrogen-bond acceptors (Lipinski definition) is 5. The van der Waals surface area contributed by atoms with E-state index in [-0.39, 0.29) is 23.9 Å². The highest BCUT2D eigenvalue weighted by molar-refractivity contribution is 5.98. The molecule has 1 amide bonds. The van der Waals surface area contributed by atoms with E-state index in [0.717, 1.165) is 0 Å². The van der Waals surface area contributed by atoms with Crippen molar-refractivity contribution in [1.29, 1.82) is 0 Å². The molecule has 0 spiro atoms. The molecule has 0 radical (unpaired) electrons. The summed E-state index contributed by atoms with van der Waals surface area (Å²) in [7, 11) is 1.60. The monoisotopic (exact) mass is 344 g/mol. The van der Waals surface area contributed by atoms with Crippen LogP contribution in [-0.4, -0.2) is 45.7 Å². The average molecular weight is 344 g/mol. The van der Waals surface area contributed by atoms with Crippen LogP contribution in [0.5, 0.6) is 0 Å². The van der Waals surface area contributed by atoms with Crippen molar-refractivity contribution in [3.63, 3.8) is 0 Å². The normalized spacial score (nSPS) is 20.5. The topological polar surface area (TPSA) is 84.2 Å². The van der Waals surface area contributed by atoms with Gasteiger partial charge in [-0.25, -0.2) is 4.39 Å². The summed E-state index contributed by atoms with van der Waals surface area (Å²) in [6.45, 7) is 2.13. The molecule has 1 aromatic carbocycles. The minimum atomic E-state index is -0.368. The predicted molar refractivity (Wildman–Crippen MR) is 86.5 cm³/mol. The molecule has 1 fully saturated rings. The van der Waals surface area contributed by atoms with Gasteiger partial charge in [0.15, 0.2) is 5.82 Å². The Morgan fingerprint density at radius 1 is 1.48 bits per heavy atom. The van der Waals surface area contributed by atoms with Gasteiger partial charge < -0.3 is 19.1 Å². The Balaban J connectivity index is 1.69. The van der Waals surface area contributed by atoms with Gasteiger partial charge in [-0.1, -0.05) is 11.2 Å². The quantitative estimate of drug-likeness (QED) is 0.789. The second kappa shape index (κ2) is 5.96. The summed E-state index contributed by atoms with van der Waals surface area (Å²) in [5, 5.41) is 4.19. The Morgan fingerprint density at radius 2 is 2.32 bits per heavy atom. The van der Waals surface area contributed by atoms with Crippen molar-refractivity contribution in [1.82, 2.24) is 20.0 Å². The van der Waals surface area contributed by atoms with Crippen LogP contribution >= 0.6 is 0 Å². The number of carbonyl (C=O) groups is 1. The van der Waals surface area contributed by atoms with Crippen LogP contribution in [0, 0.1) is 12.7 Å². The molecule has 2 aromatic heterocycles. The molecule has 1 saturated heterocycles. The molecule has 3 heterocycles. The van der Waals surface area contributed by atoms with Crippen LogP contribution in [-0.2, 0) is 4.74 Å². The molecule has 1 aliphatic heterocycles. The van der Waals surface area contributed by atoms with Crippen LogP contribution in [0.1, 0.15) is 34.7 Å². The van der Waals surface area contributed by atoms with E-state index >= 15 is 0 Å². The molecular weight excluding hydrogens is 327 g/mol. The lowest BCUT2D eigenvalue weighted by Gasteiger charge is -2.20. The van der Waals surface area contributed by atoms with E-state index < -0.39 is 0 Å². The van der Waals surface area contributed by atoms with E-state index in [1.807, 2.05) is 0 Å². The summed E-state index contributed by atoms with van der Waals surface area (Å²) >= 11 is 0. The molecule has 8 heteroatoms. The number of ether oxygens (including phenoxy) is 1. The van der Waals surface area contributed by atoms with E-state index in [2.05, 4.69) is 15.1 Å². The first kappa shape index (κ1) is 15.8. The number of H-pyrrole nitrogens is 1. The number of nitrogens with zero attached hydrogens (tertiary/aromatic N) is 3. The second-order valence-electron chi connectivity index (χ2n) is 6.13. The van der Waals surface area contributed by atoms with Gasteiger partial charge >= 0.3 is 0 Å². The number of likely N-dealkylation sites (tertiary alicyclic amines) is 1. The number of methoxy groups -OCH3 is 1. The number of nitrogens with one attached hydrogen (secondary N) is 1. The lowest BCUT2D eigenvalue weighted by molar-refractivity contribution is 0.0666. The SMILES string of the molecule is CO[C@@H]1C[C@H](c2nc(C)no2)N(C(=O)c2cc3c(F)cccc3[nH]2)C1. The maximum Gasteiger partial charge on any atom is 0.271 e. The molecule has 2 atom stereocenters. The standard InChI is InChI=1S/C17H17FN4O3/c1-9-19-16(25-21-9)15-6-10(24-2)8-22(15)17(23)14-7-11-12(18)4-3-5-13(11)20-14/h3-5,7,10,15,20H,6,8H2,1-2H3/t10-,15-/m1/s1. The van der Waals surface area contributed by atoms with Crippen molar-refractivity contribution in [2.45, 2.75) is 25.5 Å². The van der Waals surface area contributed by atoms with Gasteiger partial charge in [-0.2, -0.15) is 4.98 Å². The van der Waals surface area contributed by atoms with Gasteiger partial charge in [-0.05, 0) is 25.1 Å². The third kappa shape index (κ3) is 2.68. The number of amides is 1. The van der Waals surface area contributed by atoms with Crippen LogP contribution in [0.4, 0.5) is 4.39 Å². The van der Waals surface area contributed by atoms with Crippen LogP contribution in [0.3, 0.4) is 0 Å². The van der Waals surface area contributed by atoms with Crippen molar-refractivity contribution in [3.05, 3.63) is 47.5 Å². The molecule has 0 aliphatic carbocycles. The average Bonchev–Trinajstić information content (AvgIpc) is 3.31. The van der Waals surface area contributed by atoms with Crippen LogP contribution < -0.4 is 0 Å². The Hall–Kier alpha value is -2.74. The maximum absolute atomic E-state index is 13.9. The summed E-state index contributed by atoms with van der Waals surface area (Å²) in [6.07, 6.45) is 0.445. The van der Waals surface area contributed by atoms with E-state index in [9.17, 15) is 9.18 Å². The Kier molecular flexibility index (Phi) is 3.76. The van der Waals surface area contributed by atoms with Gasteiger partial charge in [0.2, 0.25) is 5.89 Å². The number of benzene rings is 1. The van der Waals surface area contributed by atoms with Crippen molar-refractivity contribution in [3.8, 4) is 0 Å². The predicted octanol–water partition coefficient (Wildman–Crippen LogP) is 2.60. The van der Waals surface area contributed by atoms with Crippen LogP contribution in [0.2, 0.25) is 0 Å². The van der Waals surface area contributed by atoms with Gasteiger partial charge in [0, 0.05) is 31.0 Å². The Labute approximate surface area is 142 Å². The number of aromatic amines is 1. The van der Waals surface area contributed by atoms with E-state index in [4.69, 9.17) is 9.26 Å². The van der Waals surface area contributed by atoms with Gasteiger partial charge in [0.25, 0.3) is 5.91 Å². The van der Waals surface area contributed by atoms with Crippen LogP contribution in [0.25, 0.3) is 10.9 Å². The fraction of sp³-hybridized carbons (Fsp3) is 0.353. The minimum Gasteiger partial charge on any atom is -0.380 e. The first-order valence-electron chi connectivity index (χ1n) is 7.98. The Morgan fingerprint density at radius 3 is 3.00 bits per heavy atom. The number of rotatable bonds is 3. The van der Waals surface area contributed by atoms with Crippen molar-refractivity contribution < 1.29 is 18.4 Å². The zero-order valence-corrected chi connectivity index (χ0v) is 13.8. The number of aryl methyl sites for hydroxylation is 1. The molecule has 25 heavy (non-hydrogen) atoms. The molecule has 7 nitrogen and oxygen atoms in total. The molecule has 130 valence electrons. The smallest absolute Gasteiger partial charge is 0.271 e. The fourth-order valence-corrected chi connectivity index (χ4v) is 3.26. The first-order chi connectivity index (χ1) is 12.1. The molecule has 4 rings (SSSR count). The van der Waals surface area contributed by atoms with Gasteiger partial charge in [-0.15, -0.1) is 0 Å². The maximum atomic E-state index is 13.9. The third-order valence-corrected chi connectivity index (χ3v) is 4.53. The molecule has 1 N–H and O–H groups in total. The second-order valence-corrected chi connectivity index (χ2v) is 6.13. The van der Waals surface area contributed by atoms with E-state index in [1.165, 1.54) is 12.1 Å². The summed E-state index contributed by atoms with van der Waals surface area (Å²) in [5.74, 6) is 0.271. The van der Waals surface area contributed by atoms with Gasteiger partial charge in [0.1, 0.15) is 17.6 Å². The number of hydrogen-bond donors (Lipinski definition) is 1. The minimum absolute atomic E-state index is 0.123. The highest BCUT2D eigenvalue weighted by Crippen LogP contribution is 2.34. The van der Waals surface area contributed by atoms with Crippen molar-refractivity contribution in [2.24, 2.45) is 0 Å². The first-order valence-corrected chi connectivity index (χ1v) is 7.98. The zero-order valence-electron chi connectivity index (χ0n) is 13.8. The fourth-order valence-electron chi connectivity index (χ4n) is 3.26. The summed E-state index contributed by atoms with van der Waals surface area (Å²) in [5.41, 5.74) is 0.897. The van der Waals surface area contributed by atoms with Crippen LogP contribution in [0.15, 0.2) is 28.8 Å². The lowest BCUT2D eigenvalue weighted by atomic mass is 10.2. The Bertz CT molecular complexity index is 935. The van der Waals surface area contributed by atoms with Gasteiger partial charge in [-0.3, -0.25) is 4.79 Å². The number of aromatic nitrogens is 3. The van der Waals surface area contributed by atoms with Gasteiger partial charge in [0.05, 0.1) is 6.10 Å². The van der Waals surface area contributed by atoms with E-state index in [0.29, 0.717) is 41.3 Å². The van der Waals surface area contributed by atoms with E-state index in [1.54, 1.807) is 31.1 Å². The highest BCUT2D eigenvalue weighted by atomic mass is 19.1. The summed E-state index contributed by atoms with van der Waals surface area (Å²) < 4.78 is 24.6. The summed E-state index contributed by atoms with van der Waals surface area (Å²) in [4.78, 5) is 21.9. The number of halogens is 1. The van der Waals surface area contributed by atoms with Crippen molar-refractivity contribution >= 4 is 16.8 Å². The number of fused-ring (bicyclic) bond motifs is 1. The molecule has 3 aromatic rings. The number of carbonyl (C=O) groups excluding carboxylic acids is 1. The highest BCUT2D eigenvalue weighted by Gasteiger charge is 2.40. The van der Waals surface area contributed by atoms with Crippen molar-refractivity contribution in [2.75, 3.05) is 13.7 Å². The lowest BCUT2D eigenvalue weighted by Crippen LogP contribution is -2.32. The molecule has 0 bridgehead atoms. The third-order valence-electron chi connectivity index (χ3n) is 4.53. The molecule has 0 unspecified atom stereocenters.